The molecule has 0 aromatic heterocycles. The van der Waals surface area contributed by atoms with Crippen LogP contribution in [0.1, 0.15) is 116 Å². The van der Waals surface area contributed by atoms with Crippen molar-refractivity contribution in [3.63, 3.8) is 0 Å². The van der Waals surface area contributed by atoms with Crippen LogP contribution < -0.4 is 9.47 Å². The normalized spacial score (nSPS) is 22.7. The molecule has 0 saturated heterocycles. The standard InChI is InChI=1S/C38H46O2/c1-2-7-26-12-14-27(15-13-26)28-16-18-29(19-17-28)32-24-39-35-22-20-30-8-3-5-10-33(30)37(35)38-34-11-6-4-9-31(34)21-23-36(38)40-25-32/h16-23,26-27,32H,2-15,24-25H2,1H3. The molecule has 0 spiro atoms. The second kappa shape index (κ2) is 11.6. The summed E-state index contributed by atoms with van der Waals surface area (Å²) in [7, 11) is 0. The summed E-state index contributed by atoms with van der Waals surface area (Å²) in [4.78, 5) is 0. The van der Waals surface area contributed by atoms with Crippen molar-refractivity contribution in [3.8, 4) is 22.6 Å². The Bertz CT molecular complexity index is 1260. The Hall–Kier alpha value is -2.74. The molecule has 0 atom stereocenters. The topological polar surface area (TPSA) is 18.5 Å². The van der Waals surface area contributed by atoms with E-state index in [2.05, 4.69) is 55.5 Å². The maximum absolute atomic E-state index is 6.79. The monoisotopic (exact) mass is 534 g/mol. The minimum absolute atomic E-state index is 0.209. The van der Waals surface area contributed by atoms with Gasteiger partial charge in [0.25, 0.3) is 0 Å². The van der Waals surface area contributed by atoms with Crippen LogP contribution in [0.4, 0.5) is 0 Å². The molecule has 40 heavy (non-hydrogen) atoms. The minimum Gasteiger partial charge on any atom is -0.492 e. The highest BCUT2D eigenvalue weighted by atomic mass is 16.5. The summed E-state index contributed by atoms with van der Waals surface area (Å²) in [5, 5.41) is 0. The van der Waals surface area contributed by atoms with Crippen molar-refractivity contribution in [1.82, 2.24) is 0 Å². The molecule has 1 saturated carbocycles. The van der Waals surface area contributed by atoms with Crippen molar-refractivity contribution in [2.45, 2.75) is 109 Å². The second-order valence-corrected chi connectivity index (χ2v) is 13.1. The number of ether oxygens (including phenoxy) is 2. The van der Waals surface area contributed by atoms with Gasteiger partial charge in [-0.3, -0.25) is 0 Å². The molecule has 1 heterocycles. The molecule has 1 fully saturated rings. The Balaban J connectivity index is 1.19. The van der Waals surface area contributed by atoms with Gasteiger partial charge in [-0.15, -0.1) is 0 Å². The molecule has 2 heteroatoms. The number of fused-ring (bicyclic) bond motifs is 7. The van der Waals surface area contributed by atoms with Crippen LogP contribution >= 0.6 is 0 Å². The van der Waals surface area contributed by atoms with Gasteiger partial charge in [0.2, 0.25) is 0 Å². The van der Waals surface area contributed by atoms with E-state index in [1.54, 1.807) is 0 Å². The quantitative estimate of drug-likeness (QED) is 0.332. The molecule has 3 aromatic carbocycles. The highest BCUT2D eigenvalue weighted by Crippen LogP contribution is 2.48. The van der Waals surface area contributed by atoms with E-state index in [9.17, 15) is 0 Å². The van der Waals surface area contributed by atoms with E-state index in [0.717, 1.165) is 36.2 Å². The van der Waals surface area contributed by atoms with E-state index in [1.807, 2.05) is 0 Å². The predicted molar refractivity (Wildman–Crippen MR) is 165 cm³/mol. The average molecular weight is 535 g/mol. The molecular weight excluding hydrogens is 488 g/mol. The van der Waals surface area contributed by atoms with Gasteiger partial charge >= 0.3 is 0 Å². The predicted octanol–water partition coefficient (Wildman–Crippen LogP) is 9.74. The lowest BCUT2D eigenvalue weighted by Crippen LogP contribution is -2.18. The van der Waals surface area contributed by atoms with E-state index in [1.165, 1.54) is 122 Å². The smallest absolute Gasteiger partial charge is 0.127 e. The summed E-state index contributed by atoms with van der Waals surface area (Å²) >= 11 is 0. The second-order valence-electron chi connectivity index (χ2n) is 13.1. The third kappa shape index (κ3) is 5.08. The number of benzene rings is 3. The molecule has 210 valence electrons. The molecule has 2 nitrogen and oxygen atoms in total. The zero-order valence-corrected chi connectivity index (χ0v) is 24.5. The van der Waals surface area contributed by atoms with Crippen molar-refractivity contribution in [2.24, 2.45) is 5.92 Å². The minimum atomic E-state index is 0.209. The molecule has 3 aromatic rings. The first kappa shape index (κ1) is 26.2. The van der Waals surface area contributed by atoms with Gasteiger partial charge in [0, 0.05) is 11.1 Å². The van der Waals surface area contributed by atoms with Crippen LogP contribution in [0.15, 0.2) is 48.5 Å². The number of rotatable bonds is 4. The van der Waals surface area contributed by atoms with Crippen molar-refractivity contribution < 1.29 is 9.47 Å². The third-order valence-corrected chi connectivity index (χ3v) is 10.5. The Morgan fingerprint density at radius 3 is 1.60 bits per heavy atom. The fourth-order valence-electron chi connectivity index (χ4n) is 8.26. The lowest BCUT2D eigenvalue weighted by atomic mass is 9.77. The van der Waals surface area contributed by atoms with Crippen LogP contribution in [0.25, 0.3) is 11.1 Å². The number of aryl methyl sites for hydroxylation is 2. The van der Waals surface area contributed by atoms with Crippen molar-refractivity contribution in [2.75, 3.05) is 13.2 Å². The van der Waals surface area contributed by atoms with Gasteiger partial charge in [-0.1, -0.05) is 56.2 Å². The lowest BCUT2D eigenvalue weighted by molar-refractivity contribution is 0.223. The van der Waals surface area contributed by atoms with Gasteiger partial charge in [-0.25, -0.2) is 0 Å². The summed E-state index contributed by atoms with van der Waals surface area (Å²) < 4.78 is 13.6. The van der Waals surface area contributed by atoms with Gasteiger partial charge in [-0.05, 0) is 134 Å². The highest BCUT2D eigenvalue weighted by molar-refractivity contribution is 5.83. The van der Waals surface area contributed by atoms with Crippen LogP contribution in [0.3, 0.4) is 0 Å². The van der Waals surface area contributed by atoms with Gasteiger partial charge in [0.15, 0.2) is 0 Å². The Labute approximate surface area is 241 Å². The maximum Gasteiger partial charge on any atom is 0.127 e. The Morgan fingerprint density at radius 1 is 0.575 bits per heavy atom. The van der Waals surface area contributed by atoms with E-state index >= 15 is 0 Å². The lowest BCUT2D eigenvalue weighted by Gasteiger charge is -2.29. The average Bonchev–Trinajstić information content (AvgIpc) is 3.09. The van der Waals surface area contributed by atoms with Crippen LogP contribution in [0.5, 0.6) is 11.5 Å². The summed E-state index contributed by atoms with van der Waals surface area (Å²) in [6.45, 7) is 3.64. The first-order chi connectivity index (χ1) is 19.8. The molecule has 0 amide bonds. The van der Waals surface area contributed by atoms with E-state index in [-0.39, 0.29) is 5.92 Å². The first-order valence-electron chi connectivity index (χ1n) is 16.4. The Kier molecular flexibility index (Phi) is 7.61. The number of hydrogen-bond donors (Lipinski definition) is 0. The fraction of sp³-hybridized carbons (Fsp3) is 0.526. The van der Waals surface area contributed by atoms with E-state index in [0.29, 0.717) is 13.2 Å². The van der Waals surface area contributed by atoms with Crippen LogP contribution in [-0.2, 0) is 25.7 Å². The molecule has 4 aliphatic rings. The third-order valence-electron chi connectivity index (χ3n) is 10.5. The molecule has 1 aliphatic heterocycles. The van der Waals surface area contributed by atoms with Gasteiger partial charge < -0.3 is 9.47 Å². The summed E-state index contributed by atoms with van der Waals surface area (Å²) in [6.07, 6.45) is 18.0. The van der Waals surface area contributed by atoms with Crippen molar-refractivity contribution in [1.29, 1.82) is 0 Å². The van der Waals surface area contributed by atoms with Gasteiger partial charge in [0.05, 0.1) is 19.1 Å². The van der Waals surface area contributed by atoms with Crippen LogP contribution in [0.2, 0.25) is 0 Å². The molecular formula is C38H46O2. The molecule has 7 rings (SSSR count). The van der Waals surface area contributed by atoms with E-state index < -0.39 is 0 Å². The van der Waals surface area contributed by atoms with Gasteiger partial charge in [0.1, 0.15) is 11.5 Å². The fourth-order valence-corrected chi connectivity index (χ4v) is 8.26. The molecule has 0 unspecified atom stereocenters. The molecule has 3 aliphatic carbocycles. The molecule has 0 radical (unpaired) electrons. The van der Waals surface area contributed by atoms with Crippen LogP contribution in [-0.4, -0.2) is 13.2 Å². The molecule has 0 bridgehead atoms. The Morgan fingerprint density at radius 2 is 1.07 bits per heavy atom. The summed E-state index contributed by atoms with van der Waals surface area (Å²) in [5.74, 6) is 4.02. The zero-order valence-electron chi connectivity index (χ0n) is 24.5. The van der Waals surface area contributed by atoms with Crippen molar-refractivity contribution >= 4 is 0 Å². The van der Waals surface area contributed by atoms with Gasteiger partial charge in [-0.2, -0.15) is 0 Å². The van der Waals surface area contributed by atoms with Crippen molar-refractivity contribution in [3.05, 3.63) is 81.9 Å². The van der Waals surface area contributed by atoms with E-state index in [4.69, 9.17) is 9.47 Å². The molecule has 0 N–H and O–H groups in total. The summed E-state index contributed by atoms with van der Waals surface area (Å²) in [5.41, 5.74) is 11.6. The zero-order chi connectivity index (χ0) is 26.9. The number of hydrogen-bond acceptors (Lipinski definition) is 2. The SMILES string of the molecule is CCCC1CCC(c2ccc(C3COc4ccc5c(c4-c4c(ccc6c4CCCC6)OC3)CCCC5)cc2)CC1. The largest absolute Gasteiger partial charge is 0.492 e. The summed E-state index contributed by atoms with van der Waals surface area (Å²) in [6, 6.07) is 18.8. The van der Waals surface area contributed by atoms with Crippen LogP contribution in [0, 0.1) is 5.92 Å². The highest BCUT2D eigenvalue weighted by Gasteiger charge is 2.29. The first-order valence-corrected chi connectivity index (χ1v) is 16.4. The maximum atomic E-state index is 6.79.